The van der Waals surface area contributed by atoms with Gasteiger partial charge in [0, 0.05) is 0 Å². The van der Waals surface area contributed by atoms with Crippen LogP contribution in [0.5, 0.6) is 0 Å². The normalized spacial score (nSPS) is 17.9. The fourth-order valence-electron chi connectivity index (χ4n) is 1.86. The van der Waals surface area contributed by atoms with E-state index in [0.29, 0.717) is 6.54 Å². The smallest absolute Gasteiger partial charge is 0.186 e. The average molecular weight is 288 g/mol. The number of nitrogens with zero attached hydrogens (tertiary/aromatic N) is 1. The highest BCUT2D eigenvalue weighted by molar-refractivity contribution is 9.11. The molecule has 2 rings (SSSR count). The maximum Gasteiger partial charge on any atom is 0.186 e. The van der Waals surface area contributed by atoms with E-state index in [9.17, 15) is 4.79 Å². The zero-order valence-electron chi connectivity index (χ0n) is 8.54. The van der Waals surface area contributed by atoms with Crippen molar-refractivity contribution in [1.29, 1.82) is 0 Å². The number of carbonyl (C=O) groups excluding carboxylic acids is 1. The van der Waals surface area contributed by atoms with Crippen molar-refractivity contribution in [3.63, 3.8) is 0 Å². The van der Waals surface area contributed by atoms with Gasteiger partial charge in [0.15, 0.2) is 5.78 Å². The monoisotopic (exact) mass is 287 g/mol. The van der Waals surface area contributed by atoms with Crippen molar-refractivity contribution in [3.8, 4) is 0 Å². The van der Waals surface area contributed by atoms with Crippen molar-refractivity contribution in [3.05, 3.63) is 20.8 Å². The molecule has 0 unspecified atom stereocenters. The molecule has 1 aromatic heterocycles. The summed E-state index contributed by atoms with van der Waals surface area (Å²) < 4.78 is 1.03. The molecule has 1 saturated heterocycles. The number of halogens is 1. The Kier molecular flexibility index (Phi) is 3.94. The summed E-state index contributed by atoms with van der Waals surface area (Å²) in [6.45, 7) is 2.75. The first kappa shape index (κ1) is 11.3. The van der Waals surface area contributed by atoms with E-state index in [1.54, 1.807) is 0 Å². The van der Waals surface area contributed by atoms with Gasteiger partial charge in [0.25, 0.3) is 0 Å². The third-order valence-electron chi connectivity index (χ3n) is 2.66. The van der Waals surface area contributed by atoms with Crippen LogP contribution in [0.15, 0.2) is 15.9 Å². The Balaban J connectivity index is 1.91. The third kappa shape index (κ3) is 3.13. The minimum absolute atomic E-state index is 0.257. The van der Waals surface area contributed by atoms with Crippen LogP contribution in [0.2, 0.25) is 0 Å². The van der Waals surface area contributed by atoms with E-state index in [1.165, 1.54) is 30.6 Å². The Morgan fingerprint density at radius 1 is 1.33 bits per heavy atom. The molecule has 1 fully saturated rings. The van der Waals surface area contributed by atoms with Gasteiger partial charge >= 0.3 is 0 Å². The first-order chi connectivity index (χ1) is 7.25. The molecule has 0 amide bonds. The van der Waals surface area contributed by atoms with Crippen LogP contribution < -0.4 is 0 Å². The van der Waals surface area contributed by atoms with Crippen LogP contribution >= 0.6 is 27.3 Å². The van der Waals surface area contributed by atoms with E-state index in [0.717, 1.165) is 21.8 Å². The number of rotatable bonds is 3. The number of ketones is 1. The number of hydrogen-bond donors (Lipinski definition) is 0. The second-order valence-corrected chi connectivity index (χ2v) is 6.33. The fourth-order valence-corrected chi connectivity index (χ4v) is 3.18. The lowest BCUT2D eigenvalue weighted by Crippen LogP contribution is -2.34. The van der Waals surface area contributed by atoms with Crippen LogP contribution in [0.1, 0.15) is 28.9 Å². The molecule has 0 bridgehead atoms. The van der Waals surface area contributed by atoms with Crippen molar-refractivity contribution in [2.45, 2.75) is 19.3 Å². The molecule has 82 valence electrons. The van der Waals surface area contributed by atoms with Gasteiger partial charge in [-0.3, -0.25) is 9.69 Å². The molecule has 1 aliphatic rings. The van der Waals surface area contributed by atoms with Crippen molar-refractivity contribution in [2.24, 2.45) is 0 Å². The molecular weight excluding hydrogens is 274 g/mol. The van der Waals surface area contributed by atoms with Crippen LogP contribution in [-0.4, -0.2) is 30.3 Å². The summed E-state index contributed by atoms with van der Waals surface area (Å²) in [5, 5.41) is 0. The zero-order chi connectivity index (χ0) is 10.7. The van der Waals surface area contributed by atoms with Gasteiger partial charge in [-0.05, 0) is 54.0 Å². The molecular formula is C11H14BrNOS. The summed E-state index contributed by atoms with van der Waals surface area (Å²) >= 11 is 4.90. The summed E-state index contributed by atoms with van der Waals surface area (Å²) in [4.78, 5) is 15.0. The summed E-state index contributed by atoms with van der Waals surface area (Å²) in [5.41, 5.74) is 0. The topological polar surface area (TPSA) is 20.3 Å². The summed E-state index contributed by atoms with van der Waals surface area (Å²) in [5.74, 6) is 0.257. The molecule has 0 radical (unpaired) electrons. The summed E-state index contributed by atoms with van der Waals surface area (Å²) in [6, 6.07) is 3.84. The minimum Gasteiger partial charge on any atom is -0.296 e. The lowest BCUT2D eigenvalue weighted by Gasteiger charge is -2.25. The summed E-state index contributed by atoms with van der Waals surface area (Å²) in [6.07, 6.45) is 3.79. The first-order valence-corrected chi connectivity index (χ1v) is 6.87. The number of carbonyl (C=O) groups is 1. The highest BCUT2D eigenvalue weighted by atomic mass is 79.9. The highest BCUT2D eigenvalue weighted by Crippen LogP contribution is 2.22. The Morgan fingerprint density at radius 2 is 2.07 bits per heavy atom. The van der Waals surface area contributed by atoms with Crippen LogP contribution in [0.4, 0.5) is 0 Å². The van der Waals surface area contributed by atoms with Crippen LogP contribution in [0.25, 0.3) is 0 Å². The Bertz CT molecular complexity index is 344. The fraction of sp³-hybridized carbons (Fsp3) is 0.545. The van der Waals surface area contributed by atoms with Gasteiger partial charge in [-0.15, -0.1) is 11.3 Å². The van der Waals surface area contributed by atoms with E-state index < -0.39 is 0 Å². The highest BCUT2D eigenvalue weighted by Gasteiger charge is 2.16. The molecule has 15 heavy (non-hydrogen) atoms. The molecule has 0 N–H and O–H groups in total. The van der Waals surface area contributed by atoms with Crippen LogP contribution in [-0.2, 0) is 0 Å². The zero-order valence-corrected chi connectivity index (χ0v) is 10.9. The van der Waals surface area contributed by atoms with Crippen molar-refractivity contribution in [2.75, 3.05) is 19.6 Å². The molecule has 1 aliphatic heterocycles. The van der Waals surface area contributed by atoms with E-state index >= 15 is 0 Å². The Hall–Kier alpha value is -0.190. The van der Waals surface area contributed by atoms with Gasteiger partial charge in [-0.1, -0.05) is 6.42 Å². The number of Topliss-reactive ketones (excluding diaryl/α,β-unsaturated/α-hetero) is 1. The van der Waals surface area contributed by atoms with Gasteiger partial charge in [-0.2, -0.15) is 0 Å². The Labute approximate surface area is 102 Å². The van der Waals surface area contributed by atoms with E-state index in [2.05, 4.69) is 20.8 Å². The minimum atomic E-state index is 0.257. The Morgan fingerprint density at radius 3 is 2.67 bits per heavy atom. The van der Waals surface area contributed by atoms with Crippen molar-refractivity contribution in [1.82, 2.24) is 4.90 Å². The van der Waals surface area contributed by atoms with Crippen LogP contribution in [0.3, 0.4) is 0 Å². The van der Waals surface area contributed by atoms with Gasteiger partial charge < -0.3 is 0 Å². The number of likely N-dealkylation sites (tertiary alicyclic amines) is 1. The maximum absolute atomic E-state index is 11.9. The lowest BCUT2D eigenvalue weighted by atomic mass is 10.1. The summed E-state index contributed by atoms with van der Waals surface area (Å²) in [7, 11) is 0. The average Bonchev–Trinajstić information content (AvgIpc) is 2.66. The van der Waals surface area contributed by atoms with E-state index in [4.69, 9.17) is 0 Å². The van der Waals surface area contributed by atoms with E-state index in [1.807, 2.05) is 12.1 Å². The molecule has 0 spiro atoms. The SMILES string of the molecule is O=C(CN1CCCCC1)c1ccc(Br)s1. The molecule has 0 aliphatic carbocycles. The molecule has 2 heterocycles. The van der Waals surface area contributed by atoms with Gasteiger partial charge in [0.2, 0.25) is 0 Å². The maximum atomic E-state index is 11.9. The second kappa shape index (κ2) is 5.23. The standard InChI is InChI=1S/C11H14BrNOS/c12-11-5-4-10(15-11)9(14)8-13-6-2-1-3-7-13/h4-5H,1-3,6-8H2. The first-order valence-electron chi connectivity index (χ1n) is 5.26. The molecule has 1 aromatic rings. The van der Waals surface area contributed by atoms with Crippen molar-refractivity contribution < 1.29 is 4.79 Å². The quantitative estimate of drug-likeness (QED) is 0.796. The predicted molar refractivity (Wildman–Crippen MR) is 66.6 cm³/mol. The largest absolute Gasteiger partial charge is 0.296 e. The number of hydrogen-bond acceptors (Lipinski definition) is 3. The van der Waals surface area contributed by atoms with Gasteiger partial charge in [0.1, 0.15) is 0 Å². The molecule has 4 heteroatoms. The molecule has 0 atom stereocenters. The third-order valence-corrected chi connectivity index (χ3v) is 4.33. The molecule has 0 saturated carbocycles. The number of thiophene rings is 1. The second-order valence-electron chi connectivity index (χ2n) is 3.86. The predicted octanol–water partition coefficient (Wildman–Crippen LogP) is 3.18. The van der Waals surface area contributed by atoms with Crippen LogP contribution in [0, 0.1) is 0 Å². The van der Waals surface area contributed by atoms with Crippen molar-refractivity contribution >= 4 is 33.0 Å². The molecule has 0 aromatic carbocycles. The number of piperidine rings is 1. The van der Waals surface area contributed by atoms with E-state index in [-0.39, 0.29) is 5.78 Å². The lowest BCUT2D eigenvalue weighted by molar-refractivity contribution is 0.0920. The molecule has 2 nitrogen and oxygen atoms in total. The van der Waals surface area contributed by atoms with Gasteiger partial charge in [-0.25, -0.2) is 0 Å². The van der Waals surface area contributed by atoms with Gasteiger partial charge in [0.05, 0.1) is 15.2 Å².